The Hall–Kier alpha value is -1.62. The fourth-order valence-electron chi connectivity index (χ4n) is 3.34. The van der Waals surface area contributed by atoms with E-state index < -0.39 is 0 Å². The summed E-state index contributed by atoms with van der Waals surface area (Å²) < 4.78 is 7.99. The van der Waals surface area contributed by atoms with E-state index in [0.29, 0.717) is 18.1 Å². The van der Waals surface area contributed by atoms with Gasteiger partial charge in [0.25, 0.3) is 0 Å². The summed E-state index contributed by atoms with van der Waals surface area (Å²) >= 11 is 0. The van der Waals surface area contributed by atoms with Gasteiger partial charge in [-0.1, -0.05) is 0 Å². The molecule has 2 aliphatic heterocycles. The molecule has 2 N–H and O–H groups in total. The number of imidazole rings is 1. The van der Waals surface area contributed by atoms with Gasteiger partial charge in [-0.3, -0.25) is 4.57 Å². The van der Waals surface area contributed by atoms with Crippen LogP contribution in [0.15, 0.2) is 12.3 Å². The Balaban J connectivity index is 1.90. The lowest BCUT2D eigenvalue weighted by Crippen LogP contribution is -2.22. The van der Waals surface area contributed by atoms with Crippen molar-refractivity contribution in [2.75, 3.05) is 5.73 Å². The highest BCUT2D eigenvalue weighted by atomic mass is 16.5. The van der Waals surface area contributed by atoms with Crippen molar-refractivity contribution >= 4 is 17.1 Å². The Labute approximate surface area is 105 Å². The van der Waals surface area contributed by atoms with Gasteiger partial charge in [-0.2, -0.15) is 0 Å². The molecule has 0 saturated carbocycles. The zero-order chi connectivity index (χ0) is 12.3. The van der Waals surface area contributed by atoms with Gasteiger partial charge in [0.05, 0.1) is 18.2 Å². The number of nitrogens with two attached hydrogens (primary N) is 1. The molecule has 18 heavy (non-hydrogen) atoms. The molecule has 0 radical (unpaired) electrons. The lowest BCUT2D eigenvalue weighted by Gasteiger charge is -2.21. The highest BCUT2D eigenvalue weighted by Gasteiger charge is 2.43. The van der Waals surface area contributed by atoms with E-state index in [-0.39, 0.29) is 6.10 Å². The summed E-state index contributed by atoms with van der Waals surface area (Å²) in [5, 5.41) is 0. The maximum Gasteiger partial charge on any atom is 0.202 e. The summed E-state index contributed by atoms with van der Waals surface area (Å²) in [6.45, 7) is 2.04. The number of aryl methyl sites for hydroxylation is 1. The largest absolute Gasteiger partial charge is 0.373 e. The molecule has 3 atom stereocenters. The van der Waals surface area contributed by atoms with E-state index in [2.05, 4.69) is 14.5 Å². The normalized spacial score (nSPS) is 30.4. The van der Waals surface area contributed by atoms with Crippen LogP contribution in [0.3, 0.4) is 0 Å². The molecule has 2 aromatic heterocycles. The Bertz CT molecular complexity index is 621. The lowest BCUT2D eigenvalue weighted by atomic mass is 9.95. The molecule has 4 rings (SSSR count). The Morgan fingerprint density at radius 3 is 3.06 bits per heavy atom. The first-order valence-electron chi connectivity index (χ1n) is 6.48. The van der Waals surface area contributed by atoms with Crippen LogP contribution in [0.4, 0.5) is 5.95 Å². The maximum absolute atomic E-state index is 6.09. The minimum Gasteiger partial charge on any atom is -0.373 e. The van der Waals surface area contributed by atoms with E-state index in [4.69, 9.17) is 10.5 Å². The van der Waals surface area contributed by atoms with Crippen molar-refractivity contribution in [3.8, 4) is 0 Å². The zero-order valence-corrected chi connectivity index (χ0v) is 10.3. The number of ether oxygens (including phenoxy) is 1. The third kappa shape index (κ3) is 1.25. The molecule has 4 heterocycles. The maximum atomic E-state index is 6.09. The monoisotopic (exact) mass is 244 g/mol. The molecule has 94 valence electrons. The second-order valence-electron chi connectivity index (χ2n) is 5.32. The Kier molecular flexibility index (Phi) is 1.97. The summed E-state index contributed by atoms with van der Waals surface area (Å²) in [5.41, 5.74) is 9.02. The number of anilines is 1. The number of aromatic nitrogens is 3. The summed E-state index contributed by atoms with van der Waals surface area (Å²) in [5.74, 6) is 0.563. The van der Waals surface area contributed by atoms with E-state index >= 15 is 0 Å². The number of nitrogens with zero attached hydrogens (tertiary/aromatic N) is 3. The Morgan fingerprint density at radius 1 is 1.44 bits per heavy atom. The van der Waals surface area contributed by atoms with Crippen LogP contribution < -0.4 is 5.73 Å². The molecule has 0 aliphatic carbocycles. The number of hydrogen-bond donors (Lipinski definition) is 1. The molecule has 2 bridgehead atoms. The number of hydrogen-bond acceptors (Lipinski definition) is 4. The first-order valence-corrected chi connectivity index (χ1v) is 6.48. The number of fused-ring (bicyclic) bond motifs is 3. The molecule has 2 aromatic rings. The minimum absolute atomic E-state index is 0.289. The first kappa shape index (κ1) is 10.3. The molecular formula is C13H16N4O. The van der Waals surface area contributed by atoms with Crippen molar-refractivity contribution in [1.29, 1.82) is 0 Å². The second-order valence-corrected chi connectivity index (χ2v) is 5.32. The van der Waals surface area contributed by atoms with Gasteiger partial charge < -0.3 is 10.5 Å². The van der Waals surface area contributed by atoms with Crippen LogP contribution in [0.5, 0.6) is 0 Å². The molecule has 5 heteroatoms. The molecule has 0 aromatic carbocycles. The van der Waals surface area contributed by atoms with Gasteiger partial charge >= 0.3 is 0 Å². The minimum atomic E-state index is 0.289. The van der Waals surface area contributed by atoms with Crippen LogP contribution in [-0.4, -0.2) is 26.7 Å². The number of rotatable bonds is 1. The van der Waals surface area contributed by atoms with Crippen LogP contribution in [0.1, 0.15) is 30.9 Å². The van der Waals surface area contributed by atoms with Gasteiger partial charge in [0.1, 0.15) is 5.52 Å². The van der Waals surface area contributed by atoms with E-state index in [1.807, 2.05) is 19.2 Å². The molecular weight excluding hydrogens is 228 g/mol. The summed E-state index contributed by atoms with van der Waals surface area (Å²) in [6, 6.07) is 2.28. The van der Waals surface area contributed by atoms with Crippen molar-refractivity contribution < 1.29 is 4.74 Å². The molecule has 0 spiro atoms. The number of pyridine rings is 1. The quantitative estimate of drug-likeness (QED) is 0.831. The van der Waals surface area contributed by atoms with E-state index in [1.165, 1.54) is 6.42 Å². The van der Waals surface area contributed by atoms with Crippen molar-refractivity contribution in [1.82, 2.24) is 14.5 Å². The fraction of sp³-hybridized carbons (Fsp3) is 0.538. The third-order valence-corrected chi connectivity index (χ3v) is 4.21. The molecule has 2 saturated heterocycles. The molecule has 5 nitrogen and oxygen atoms in total. The zero-order valence-electron chi connectivity index (χ0n) is 10.3. The van der Waals surface area contributed by atoms with Crippen molar-refractivity contribution in [2.24, 2.45) is 0 Å². The molecule has 2 aliphatic rings. The van der Waals surface area contributed by atoms with Crippen molar-refractivity contribution in [3.05, 3.63) is 17.8 Å². The molecule has 3 unspecified atom stereocenters. The predicted molar refractivity (Wildman–Crippen MR) is 68.2 cm³/mol. The summed E-state index contributed by atoms with van der Waals surface area (Å²) in [4.78, 5) is 8.92. The van der Waals surface area contributed by atoms with E-state index in [9.17, 15) is 0 Å². The Morgan fingerprint density at radius 2 is 2.33 bits per heavy atom. The highest BCUT2D eigenvalue weighted by molar-refractivity contribution is 5.77. The van der Waals surface area contributed by atoms with Gasteiger partial charge in [0.2, 0.25) is 5.95 Å². The molecule has 2 fully saturated rings. The first-order chi connectivity index (χ1) is 8.74. The lowest BCUT2D eigenvalue weighted by molar-refractivity contribution is 0.0945. The average Bonchev–Trinajstić information content (AvgIpc) is 3.02. The van der Waals surface area contributed by atoms with E-state index in [1.54, 1.807) is 0 Å². The fourth-order valence-corrected chi connectivity index (χ4v) is 3.34. The standard InChI is InChI=1S/C13H16N4O/c1-7-4-5-15-12-11(7)16-13(14)17(12)9-6-8-2-3-10(9)18-8/h4-5,8-10H,2-3,6H2,1H3,(H2,14,16). The van der Waals surface area contributed by atoms with Gasteiger partial charge in [-0.05, 0) is 37.8 Å². The van der Waals surface area contributed by atoms with E-state index in [0.717, 1.165) is 29.6 Å². The van der Waals surface area contributed by atoms with Crippen LogP contribution >= 0.6 is 0 Å². The van der Waals surface area contributed by atoms with Crippen molar-refractivity contribution in [3.63, 3.8) is 0 Å². The van der Waals surface area contributed by atoms with Crippen LogP contribution in [0.25, 0.3) is 11.2 Å². The topological polar surface area (TPSA) is 66.0 Å². The van der Waals surface area contributed by atoms with Gasteiger partial charge in [-0.15, -0.1) is 0 Å². The van der Waals surface area contributed by atoms with Gasteiger partial charge in [0.15, 0.2) is 5.65 Å². The average molecular weight is 244 g/mol. The van der Waals surface area contributed by atoms with Crippen LogP contribution in [0.2, 0.25) is 0 Å². The third-order valence-electron chi connectivity index (χ3n) is 4.21. The number of nitrogen functional groups attached to an aromatic ring is 1. The predicted octanol–water partition coefficient (Wildman–Crippen LogP) is 1.81. The molecule has 0 amide bonds. The summed E-state index contributed by atoms with van der Waals surface area (Å²) in [7, 11) is 0. The van der Waals surface area contributed by atoms with Crippen LogP contribution in [-0.2, 0) is 4.74 Å². The smallest absolute Gasteiger partial charge is 0.202 e. The summed E-state index contributed by atoms with van der Waals surface area (Å²) in [6.07, 6.45) is 5.86. The SMILES string of the molecule is Cc1ccnc2c1nc(N)n2C1CC2CCC1O2. The van der Waals surface area contributed by atoms with Gasteiger partial charge in [0, 0.05) is 6.20 Å². The van der Waals surface area contributed by atoms with Crippen molar-refractivity contribution in [2.45, 2.75) is 44.4 Å². The van der Waals surface area contributed by atoms with Crippen LogP contribution in [0, 0.1) is 6.92 Å². The second kappa shape index (κ2) is 3.45. The van der Waals surface area contributed by atoms with Gasteiger partial charge in [-0.25, -0.2) is 9.97 Å². The highest BCUT2D eigenvalue weighted by Crippen LogP contribution is 2.43.